The van der Waals surface area contributed by atoms with Crippen LogP contribution in [0.4, 0.5) is 5.69 Å². The van der Waals surface area contributed by atoms with Crippen LogP contribution in [0.15, 0.2) is 70.8 Å². The predicted octanol–water partition coefficient (Wildman–Crippen LogP) is 5.44. The molecule has 4 aromatic rings. The maximum absolute atomic E-state index is 13.3. The van der Waals surface area contributed by atoms with Crippen LogP contribution in [0.25, 0.3) is 22.0 Å². The van der Waals surface area contributed by atoms with Crippen LogP contribution in [0, 0.1) is 5.92 Å². The van der Waals surface area contributed by atoms with Crippen LogP contribution in [0.5, 0.6) is 0 Å². The number of carbonyl (C=O) groups is 1. The lowest BCUT2D eigenvalue weighted by Gasteiger charge is -2.34. The van der Waals surface area contributed by atoms with Gasteiger partial charge in [0.2, 0.25) is 5.91 Å². The molecule has 2 aromatic heterocycles. The van der Waals surface area contributed by atoms with Crippen molar-refractivity contribution in [2.24, 2.45) is 5.92 Å². The number of aromatic nitrogens is 1. The van der Waals surface area contributed by atoms with Crippen molar-refractivity contribution in [1.82, 2.24) is 10.3 Å². The molecule has 1 aliphatic rings. The molecule has 1 unspecified atom stereocenters. The molecule has 1 amide bonds. The van der Waals surface area contributed by atoms with Gasteiger partial charge in [-0.25, -0.2) is 0 Å². The fraction of sp³-hybridized carbons (Fsp3) is 0.231. The van der Waals surface area contributed by atoms with Gasteiger partial charge in [-0.15, -0.1) is 11.3 Å². The van der Waals surface area contributed by atoms with Gasteiger partial charge in [-0.2, -0.15) is 0 Å². The molecule has 5 rings (SSSR count). The number of carbonyl (C=O) groups excluding carboxylic acids is 1. The Hall–Kier alpha value is -3.09. The normalized spacial score (nSPS) is 16.2. The van der Waals surface area contributed by atoms with Crippen molar-refractivity contribution >= 4 is 45.4 Å². The monoisotopic (exact) mass is 477 g/mol. The van der Waals surface area contributed by atoms with Crippen molar-refractivity contribution in [3.8, 4) is 11.1 Å². The second kappa shape index (κ2) is 9.41. The van der Waals surface area contributed by atoms with E-state index in [9.17, 15) is 9.59 Å². The van der Waals surface area contributed by atoms with Gasteiger partial charge in [0.25, 0.3) is 5.56 Å². The first-order valence-corrected chi connectivity index (χ1v) is 12.3. The quantitative estimate of drug-likeness (QED) is 0.402. The number of anilines is 1. The number of fused-ring (bicyclic) bond motifs is 1. The highest BCUT2D eigenvalue weighted by Crippen LogP contribution is 2.37. The number of benzene rings is 2. The lowest BCUT2D eigenvalue weighted by molar-refractivity contribution is -0.125. The average Bonchev–Trinajstić information content (AvgIpc) is 3.36. The molecule has 33 heavy (non-hydrogen) atoms. The van der Waals surface area contributed by atoms with E-state index < -0.39 is 0 Å². The summed E-state index contributed by atoms with van der Waals surface area (Å²) in [5, 5.41) is 6.58. The summed E-state index contributed by atoms with van der Waals surface area (Å²) < 4.78 is 0. The number of hydrogen-bond acceptors (Lipinski definition) is 4. The van der Waals surface area contributed by atoms with Gasteiger partial charge in [0.15, 0.2) is 0 Å². The largest absolute Gasteiger partial charge is 0.366 e. The summed E-state index contributed by atoms with van der Waals surface area (Å²) in [6.07, 6.45) is 1.66. The molecule has 1 atom stereocenters. The lowest BCUT2D eigenvalue weighted by atomic mass is 9.94. The van der Waals surface area contributed by atoms with Crippen LogP contribution >= 0.6 is 22.9 Å². The molecule has 168 valence electrons. The van der Waals surface area contributed by atoms with Gasteiger partial charge in [-0.05, 0) is 48.1 Å². The van der Waals surface area contributed by atoms with Crippen LogP contribution in [-0.2, 0) is 11.3 Å². The number of amides is 1. The molecule has 1 fully saturated rings. The van der Waals surface area contributed by atoms with E-state index in [1.54, 1.807) is 17.4 Å². The minimum atomic E-state index is -0.170. The molecule has 2 N–H and O–H groups in total. The Morgan fingerprint density at radius 2 is 2.00 bits per heavy atom. The number of nitrogens with zero attached hydrogens (tertiary/aromatic N) is 1. The molecule has 5 nitrogen and oxygen atoms in total. The Bertz CT molecular complexity index is 1340. The van der Waals surface area contributed by atoms with Gasteiger partial charge >= 0.3 is 0 Å². The zero-order valence-corrected chi connectivity index (χ0v) is 19.6. The molecular weight excluding hydrogens is 454 g/mol. The van der Waals surface area contributed by atoms with Crippen LogP contribution in [-0.4, -0.2) is 24.0 Å². The number of pyridine rings is 1. The molecule has 3 heterocycles. The van der Waals surface area contributed by atoms with Crippen molar-refractivity contribution in [2.45, 2.75) is 19.4 Å². The summed E-state index contributed by atoms with van der Waals surface area (Å²) in [6.45, 7) is 1.77. The maximum Gasteiger partial charge on any atom is 0.272 e. The number of rotatable bonds is 5. The summed E-state index contributed by atoms with van der Waals surface area (Å²) >= 11 is 7.97. The van der Waals surface area contributed by atoms with Crippen LogP contribution in [0.1, 0.15) is 17.7 Å². The highest BCUT2D eigenvalue weighted by atomic mass is 35.5. The molecule has 7 heteroatoms. The van der Waals surface area contributed by atoms with E-state index in [1.807, 2.05) is 60.0 Å². The van der Waals surface area contributed by atoms with Gasteiger partial charge in [0, 0.05) is 39.5 Å². The number of aromatic amines is 1. The maximum atomic E-state index is 13.3. The third kappa shape index (κ3) is 4.54. The number of nitrogens with one attached hydrogen (secondary N) is 2. The summed E-state index contributed by atoms with van der Waals surface area (Å²) in [5.41, 5.74) is 3.01. The average molecular weight is 478 g/mol. The summed E-state index contributed by atoms with van der Waals surface area (Å²) in [5.74, 6) is -0.133. The third-order valence-corrected chi connectivity index (χ3v) is 7.25. The molecule has 1 aliphatic heterocycles. The van der Waals surface area contributed by atoms with E-state index in [0.717, 1.165) is 46.3 Å². The van der Waals surface area contributed by atoms with Gasteiger partial charge in [0.05, 0.1) is 12.5 Å². The molecule has 2 aromatic carbocycles. The van der Waals surface area contributed by atoms with Crippen LogP contribution < -0.4 is 15.8 Å². The fourth-order valence-corrected chi connectivity index (χ4v) is 5.40. The smallest absolute Gasteiger partial charge is 0.272 e. The Balaban J connectivity index is 1.51. The molecule has 0 radical (unpaired) electrons. The third-order valence-electron chi connectivity index (χ3n) is 6.14. The summed E-state index contributed by atoms with van der Waals surface area (Å²) in [6, 6.07) is 19.4. The number of halogens is 1. The molecule has 0 spiro atoms. The van der Waals surface area contributed by atoms with Gasteiger partial charge in [-0.1, -0.05) is 48.0 Å². The summed E-state index contributed by atoms with van der Waals surface area (Å²) in [4.78, 5) is 32.5. The highest BCUT2D eigenvalue weighted by Gasteiger charge is 2.29. The van der Waals surface area contributed by atoms with E-state index in [0.29, 0.717) is 23.8 Å². The minimum Gasteiger partial charge on any atom is -0.366 e. The Morgan fingerprint density at radius 3 is 2.79 bits per heavy atom. The van der Waals surface area contributed by atoms with E-state index in [1.165, 1.54) is 0 Å². The standard InChI is InChI=1S/C26H24ClN3O2S/c27-19-10-11-22-21(14-19)23(17-6-2-1-3-7-17)24(26(32)29-22)30-12-4-8-18(16-30)25(31)28-15-20-9-5-13-33-20/h1-3,5-7,9-11,13-14,18H,4,8,12,15-16H2,(H,28,31)(H,29,32). The first-order chi connectivity index (χ1) is 16.1. The van der Waals surface area contributed by atoms with E-state index in [4.69, 9.17) is 11.6 Å². The minimum absolute atomic E-state index is 0.0367. The second-order valence-electron chi connectivity index (χ2n) is 8.32. The molecule has 1 saturated heterocycles. The van der Waals surface area contributed by atoms with Crippen molar-refractivity contribution < 1.29 is 4.79 Å². The van der Waals surface area contributed by atoms with Crippen molar-refractivity contribution in [3.05, 3.63) is 86.3 Å². The topological polar surface area (TPSA) is 65.2 Å². The second-order valence-corrected chi connectivity index (χ2v) is 9.78. The number of piperidine rings is 1. The van der Waals surface area contributed by atoms with E-state index in [-0.39, 0.29) is 17.4 Å². The zero-order chi connectivity index (χ0) is 22.8. The number of thiophene rings is 1. The fourth-order valence-electron chi connectivity index (χ4n) is 4.58. The lowest BCUT2D eigenvalue weighted by Crippen LogP contribution is -2.44. The van der Waals surface area contributed by atoms with Crippen LogP contribution in [0.2, 0.25) is 5.02 Å². The van der Waals surface area contributed by atoms with Crippen molar-refractivity contribution in [1.29, 1.82) is 0 Å². The van der Waals surface area contributed by atoms with Crippen molar-refractivity contribution in [3.63, 3.8) is 0 Å². The van der Waals surface area contributed by atoms with Crippen molar-refractivity contribution in [2.75, 3.05) is 18.0 Å². The van der Waals surface area contributed by atoms with E-state index in [2.05, 4.69) is 15.2 Å². The van der Waals surface area contributed by atoms with E-state index >= 15 is 0 Å². The number of H-pyrrole nitrogens is 1. The Morgan fingerprint density at radius 1 is 1.15 bits per heavy atom. The van der Waals surface area contributed by atoms with Gasteiger partial charge < -0.3 is 15.2 Å². The molecule has 0 aliphatic carbocycles. The predicted molar refractivity (Wildman–Crippen MR) is 136 cm³/mol. The van der Waals surface area contributed by atoms with Crippen LogP contribution in [0.3, 0.4) is 0 Å². The first-order valence-electron chi connectivity index (χ1n) is 11.1. The van der Waals surface area contributed by atoms with Gasteiger partial charge in [0.1, 0.15) is 5.69 Å². The SMILES string of the molecule is O=C(NCc1cccs1)C1CCCN(c2c(-c3ccccc3)c3cc(Cl)ccc3[nH]c2=O)C1. The molecular formula is C26H24ClN3O2S. The molecule has 0 saturated carbocycles. The zero-order valence-electron chi connectivity index (χ0n) is 18.0. The Labute approximate surface area is 201 Å². The highest BCUT2D eigenvalue weighted by molar-refractivity contribution is 7.09. The number of hydrogen-bond donors (Lipinski definition) is 2. The van der Waals surface area contributed by atoms with Gasteiger partial charge in [-0.3, -0.25) is 9.59 Å². The first kappa shape index (κ1) is 21.7. The Kier molecular flexibility index (Phi) is 6.20. The summed E-state index contributed by atoms with van der Waals surface area (Å²) in [7, 11) is 0. The molecule has 0 bridgehead atoms.